The number of anilines is 1. The average Bonchev–Trinajstić information content (AvgIpc) is 3.65. The average molecular weight is 533 g/mol. The van der Waals surface area contributed by atoms with Gasteiger partial charge >= 0.3 is 0 Å². The third kappa shape index (κ3) is 5.38. The van der Waals surface area contributed by atoms with Gasteiger partial charge in [-0.15, -0.1) is 0 Å². The van der Waals surface area contributed by atoms with E-state index in [2.05, 4.69) is 22.7 Å². The normalized spacial score (nSPS) is 14.3. The van der Waals surface area contributed by atoms with E-state index in [1.807, 2.05) is 36.5 Å². The number of sulfonamides is 1. The number of carbonyl (C=O) groups is 2. The Morgan fingerprint density at radius 3 is 2.50 bits per heavy atom. The van der Waals surface area contributed by atoms with Crippen LogP contribution in [0.2, 0.25) is 0 Å². The number of hydrogen-bond donors (Lipinski definition) is 4. The van der Waals surface area contributed by atoms with E-state index in [1.54, 1.807) is 4.52 Å². The third-order valence-corrected chi connectivity index (χ3v) is 7.69. The quantitative estimate of drug-likeness (QED) is 0.259. The molecular weight excluding hydrogens is 504 g/mol. The van der Waals surface area contributed by atoms with Crippen molar-refractivity contribution >= 4 is 33.0 Å². The lowest BCUT2D eigenvalue weighted by Crippen LogP contribution is -2.23. The van der Waals surface area contributed by atoms with Crippen molar-refractivity contribution in [1.29, 1.82) is 0 Å². The Morgan fingerprint density at radius 1 is 1.11 bits per heavy atom. The van der Waals surface area contributed by atoms with Crippen molar-refractivity contribution in [2.45, 2.75) is 37.2 Å². The SMILES string of the molecule is CC(Nc1c(C(N)=O)cnn2cc(-c3cccc(CNC(=O)c4ccc(S(N)(=O)=O)cc4)c3)cc12)C1CC1. The number of fused-ring (bicyclic) bond motifs is 1. The number of nitrogens with two attached hydrogens (primary N) is 2. The first-order valence-corrected chi connectivity index (χ1v) is 13.7. The molecule has 0 aliphatic heterocycles. The molecule has 2 amide bonds. The number of amides is 2. The summed E-state index contributed by atoms with van der Waals surface area (Å²) in [5.74, 6) is -0.295. The van der Waals surface area contributed by atoms with Crippen LogP contribution >= 0.6 is 0 Å². The van der Waals surface area contributed by atoms with Gasteiger partial charge in [-0.2, -0.15) is 5.10 Å². The van der Waals surface area contributed by atoms with Crippen molar-refractivity contribution < 1.29 is 18.0 Å². The van der Waals surface area contributed by atoms with Gasteiger partial charge in [-0.1, -0.05) is 18.2 Å². The second-order valence-corrected chi connectivity index (χ2v) is 11.1. The molecule has 0 saturated heterocycles. The van der Waals surface area contributed by atoms with Crippen LogP contribution in [0.1, 0.15) is 46.0 Å². The number of rotatable bonds is 9. The summed E-state index contributed by atoms with van der Waals surface area (Å²) in [5.41, 5.74) is 10.4. The Balaban J connectivity index is 1.36. The van der Waals surface area contributed by atoms with Crippen LogP contribution in [0.5, 0.6) is 0 Å². The second-order valence-electron chi connectivity index (χ2n) is 9.58. The fraction of sp³-hybridized carbons (Fsp3) is 0.222. The van der Waals surface area contributed by atoms with Gasteiger partial charge in [-0.05, 0) is 73.2 Å². The lowest BCUT2D eigenvalue weighted by molar-refractivity contribution is 0.0949. The maximum Gasteiger partial charge on any atom is 0.252 e. The summed E-state index contributed by atoms with van der Waals surface area (Å²) >= 11 is 0. The first-order chi connectivity index (χ1) is 18.1. The molecule has 1 atom stereocenters. The van der Waals surface area contributed by atoms with E-state index < -0.39 is 15.9 Å². The van der Waals surface area contributed by atoms with Crippen molar-refractivity contribution in [2.24, 2.45) is 16.8 Å². The number of primary amides is 1. The number of carbonyl (C=O) groups excluding carboxylic acids is 2. The van der Waals surface area contributed by atoms with Gasteiger partial charge < -0.3 is 16.4 Å². The van der Waals surface area contributed by atoms with E-state index in [4.69, 9.17) is 10.9 Å². The summed E-state index contributed by atoms with van der Waals surface area (Å²) in [7, 11) is -3.82. The van der Waals surface area contributed by atoms with Crippen molar-refractivity contribution in [3.8, 4) is 11.1 Å². The third-order valence-electron chi connectivity index (χ3n) is 6.76. The fourth-order valence-electron chi connectivity index (χ4n) is 4.44. The standard InChI is InChI=1S/C27H28N6O4S/c1-16(18-5-6-18)32-25-23(26(28)34)14-31-33-15-21(12-24(25)33)20-4-2-3-17(11-20)13-30-27(35)19-7-9-22(10-8-19)38(29,36)37/h2-4,7-12,14-16,18,32H,5-6,13H2,1H3,(H2,28,34)(H,30,35)(H2,29,36,37). The van der Waals surface area contributed by atoms with Crippen LogP contribution in [-0.4, -0.2) is 35.9 Å². The maximum absolute atomic E-state index is 12.6. The van der Waals surface area contributed by atoms with Gasteiger partial charge in [0.25, 0.3) is 11.8 Å². The lowest BCUT2D eigenvalue weighted by Gasteiger charge is -2.17. The summed E-state index contributed by atoms with van der Waals surface area (Å²) in [5, 5.41) is 15.8. The predicted molar refractivity (Wildman–Crippen MR) is 144 cm³/mol. The Hall–Kier alpha value is -4.22. The molecule has 0 bridgehead atoms. The molecule has 4 aromatic rings. The summed E-state index contributed by atoms with van der Waals surface area (Å²) in [6, 6.07) is 15.3. The van der Waals surface area contributed by atoms with Gasteiger partial charge in [0.15, 0.2) is 0 Å². The van der Waals surface area contributed by atoms with Gasteiger partial charge in [-0.3, -0.25) is 9.59 Å². The van der Waals surface area contributed by atoms with Gasteiger partial charge in [0, 0.05) is 29.9 Å². The van der Waals surface area contributed by atoms with Crippen molar-refractivity contribution in [1.82, 2.24) is 14.9 Å². The van der Waals surface area contributed by atoms with Crippen LogP contribution < -0.4 is 21.5 Å². The molecule has 0 radical (unpaired) electrons. The monoisotopic (exact) mass is 532 g/mol. The lowest BCUT2D eigenvalue weighted by atomic mass is 10.0. The molecule has 10 nitrogen and oxygen atoms in total. The largest absolute Gasteiger partial charge is 0.380 e. The smallest absolute Gasteiger partial charge is 0.252 e. The summed E-state index contributed by atoms with van der Waals surface area (Å²) in [6.45, 7) is 2.38. The highest BCUT2D eigenvalue weighted by Gasteiger charge is 2.29. The minimum Gasteiger partial charge on any atom is -0.380 e. The number of hydrogen-bond acceptors (Lipinski definition) is 6. The number of primary sulfonamides is 1. The van der Waals surface area contributed by atoms with Crippen LogP contribution in [0.4, 0.5) is 5.69 Å². The van der Waals surface area contributed by atoms with Crippen molar-refractivity contribution in [3.05, 3.63) is 83.7 Å². The van der Waals surface area contributed by atoms with Crippen LogP contribution in [0.25, 0.3) is 16.6 Å². The molecule has 1 aliphatic carbocycles. The highest BCUT2D eigenvalue weighted by molar-refractivity contribution is 7.89. The van der Waals surface area contributed by atoms with Crippen molar-refractivity contribution in [3.63, 3.8) is 0 Å². The highest BCUT2D eigenvalue weighted by atomic mass is 32.2. The molecular formula is C27H28N6O4S. The molecule has 1 fully saturated rings. The van der Waals surface area contributed by atoms with Crippen LogP contribution in [-0.2, 0) is 16.6 Å². The van der Waals surface area contributed by atoms with Gasteiger partial charge in [0.1, 0.15) is 0 Å². The topological polar surface area (TPSA) is 162 Å². The van der Waals surface area contributed by atoms with Crippen molar-refractivity contribution in [2.75, 3.05) is 5.32 Å². The minimum absolute atomic E-state index is 0.0560. The highest BCUT2D eigenvalue weighted by Crippen LogP contribution is 2.36. The zero-order valence-corrected chi connectivity index (χ0v) is 21.5. The number of nitrogens with zero attached hydrogens (tertiary/aromatic N) is 2. The maximum atomic E-state index is 12.6. The molecule has 11 heteroatoms. The van der Waals surface area contributed by atoms with Gasteiger partial charge in [0.2, 0.25) is 10.0 Å². The molecule has 1 saturated carbocycles. The molecule has 5 rings (SSSR count). The Morgan fingerprint density at radius 2 is 1.84 bits per heavy atom. The molecule has 2 aromatic heterocycles. The predicted octanol–water partition coefficient (Wildman–Crippen LogP) is 2.89. The number of nitrogens with one attached hydrogen (secondary N) is 2. The van der Waals surface area contributed by atoms with E-state index in [9.17, 15) is 18.0 Å². The molecule has 38 heavy (non-hydrogen) atoms. The number of benzene rings is 2. The first-order valence-electron chi connectivity index (χ1n) is 12.2. The molecule has 6 N–H and O–H groups in total. The molecule has 2 aromatic carbocycles. The molecule has 0 spiro atoms. The summed E-state index contributed by atoms with van der Waals surface area (Å²) < 4.78 is 24.6. The van der Waals surface area contributed by atoms with E-state index in [-0.39, 0.29) is 23.4 Å². The van der Waals surface area contributed by atoms with E-state index >= 15 is 0 Å². The molecule has 1 aliphatic rings. The number of aromatic nitrogens is 2. The Labute approximate surface area is 220 Å². The summed E-state index contributed by atoms with van der Waals surface area (Å²) in [6.07, 6.45) is 5.70. The second kappa shape index (κ2) is 9.92. The van der Waals surface area contributed by atoms with E-state index in [1.165, 1.54) is 30.5 Å². The molecule has 1 unspecified atom stereocenters. The zero-order valence-electron chi connectivity index (χ0n) is 20.7. The summed E-state index contributed by atoms with van der Waals surface area (Å²) in [4.78, 5) is 24.6. The van der Waals surface area contributed by atoms with Gasteiger partial charge in [0.05, 0.1) is 27.9 Å². The zero-order chi connectivity index (χ0) is 27.0. The first kappa shape index (κ1) is 25.4. The van der Waals surface area contributed by atoms with Crippen LogP contribution in [0.3, 0.4) is 0 Å². The van der Waals surface area contributed by atoms with Crippen LogP contribution in [0, 0.1) is 5.92 Å². The Bertz CT molecular complexity index is 1640. The van der Waals surface area contributed by atoms with Gasteiger partial charge in [-0.25, -0.2) is 18.1 Å². The molecule has 196 valence electrons. The van der Waals surface area contributed by atoms with E-state index in [0.717, 1.165) is 35.0 Å². The fourth-order valence-corrected chi connectivity index (χ4v) is 4.95. The van der Waals surface area contributed by atoms with E-state index in [0.29, 0.717) is 22.7 Å². The molecule has 2 heterocycles. The minimum atomic E-state index is -3.82. The Kier molecular flexibility index (Phi) is 6.64. The van der Waals surface area contributed by atoms with Crippen LogP contribution in [0.15, 0.2) is 71.9 Å².